The molecule has 0 bridgehead atoms. The SMILES string of the molecule is COC(=O)CC(C)NC(=O)CN1C(=O)NC(C)(c2ccc(C(=N)N)cc2)C1=O. The highest BCUT2D eigenvalue weighted by Gasteiger charge is 2.49. The summed E-state index contributed by atoms with van der Waals surface area (Å²) in [6.45, 7) is 2.67. The summed E-state index contributed by atoms with van der Waals surface area (Å²) in [5.74, 6) is -1.75. The Hall–Kier alpha value is -3.43. The Bertz CT molecular complexity index is 822. The summed E-state index contributed by atoms with van der Waals surface area (Å²) in [5, 5.41) is 12.6. The van der Waals surface area contributed by atoms with Gasteiger partial charge in [-0.1, -0.05) is 24.3 Å². The number of carbonyl (C=O) groups excluding carboxylic acids is 4. The molecule has 2 unspecified atom stereocenters. The minimum Gasteiger partial charge on any atom is -0.469 e. The molecule has 1 aromatic carbocycles. The number of imide groups is 1. The Morgan fingerprint density at radius 2 is 1.93 bits per heavy atom. The van der Waals surface area contributed by atoms with Crippen molar-refractivity contribution < 1.29 is 23.9 Å². The summed E-state index contributed by atoms with van der Waals surface area (Å²) < 4.78 is 4.53. The molecule has 10 heteroatoms. The normalized spacial score (nSPS) is 19.8. The quantitative estimate of drug-likeness (QED) is 0.219. The molecule has 0 saturated carbocycles. The third-order valence-corrected chi connectivity index (χ3v) is 4.46. The molecular formula is C18H23N5O5. The number of nitrogens with one attached hydrogen (secondary N) is 3. The molecule has 1 heterocycles. The largest absolute Gasteiger partial charge is 0.469 e. The Balaban J connectivity index is 2.09. The second kappa shape index (κ2) is 8.07. The molecule has 0 aromatic heterocycles. The number of rotatable bonds is 7. The lowest BCUT2D eigenvalue weighted by molar-refractivity contribution is -0.141. The van der Waals surface area contributed by atoms with Crippen molar-refractivity contribution >= 4 is 29.7 Å². The van der Waals surface area contributed by atoms with Gasteiger partial charge < -0.3 is 21.1 Å². The van der Waals surface area contributed by atoms with Gasteiger partial charge in [-0.15, -0.1) is 0 Å². The number of benzene rings is 1. The monoisotopic (exact) mass is 389 g/mol. The van der Waals surface area contributed by atoms with Gasteiger partial charge in [0.2, 0.25) is 5.91 Å². The second-order valence-electron chi connectivity index (χ2n) is 6.69. The Morgan fingerprint density at radius 1 is 1.32 bits per heavy atom. The van der Waals surface area contributed by atoms with Crippen molar-refractivity contribution in [1.29, 1.82) is 5.41 Å². The molecule has 1 saturated heterocycles. The average Bonchev–Trinajstić information content (AvgIpc) is 2.85. The van der Waals surface area contributed by atoms with Gasteiger partial charge in [-0.05, 0) is 19.4 Å². The summed E-state index contributed by atoms with van der Waals surface area (Å²) >= 11 is 0. The second-order valence-corrected chi connectivity index (χ2v) is 6.69. The minimum absolute atomic E-state index is 0.0252. The Morgan fingerprint density at radius 3 is 2.46 bits per heavy atom. The first-order chi connectivity index (χ1) is 13.1. The average molecular weight is 389 g/mol. The molecule has 0 radical (unpaired) electrons. The maximum Gasteiger partial charge on any atom is 0.325 e. The molecule has 1 aliphatic rings. The molecule has 28 heavy (non-hydrogen) atoms. The molecule has 5 N–H and O–H groups in total. The molecule has 1 aromatic rings. The number of hydrogen-bond acceptors (Lipinski definition) is 6. The van der Waals surface area contributed by atoms with Gasteiger partial charge in [0.25, 0.3) is 5.91 Å². The number of hydrogen-bond donors (Lipinski definition) is 4. The van der Waals surface area contributed by atoms with Gasteiger partial charge in [-0.2, -0.15) is 0 Å². The van der Waals surface area contributed by atoms with Crippen LogP contribution in [0.5, 0.6) is 0 Å². The van der Waals surface area contributed by atoms with E-state index in [-0.39, 0.29) is 12.3 Å². The zero-order valence-electron chi connectivity index (χ0n) is 15.9. The van der Waals surface area contributed by atoms with Crippen molar-refractivity contribution in [2.24, 2.45) is 5.73 Å². The lowest BCUT2D eigenvalue weighted by Gasteiger charge is -2.22. The van der Waals surface area contributed by atoms with Gasteiger partial charge in [0.15, 0.2) is 0 Å². The van der Waals surface area contributed by atoms with Crippen LogP contribution < -0.4 is 16.4 Å². The van der Waals surface area contributed by atoms with Crippen molar-refractivity contribution in [2.75, 3.05) is 13.7 Å². The fraction of sp³-hybridized carbons (Fsp3) is 0.389. The maximum atomic E-state index is 12.8. The van der Waals surface area contributed by atoms with Gasteiger partial charge in [0.1, 0.15) is 17.9 Å². The lowest BCUT2D eigenvalue weighted by Crippen LogP contribution is -2.45. The van der Waals surface area contributed by atoms with Gasteiger partial charge in [0.05, 0.1) is 13.5 Å². The molecule has 10 nitrogen and oxygen atoms in total. The summed E-state index contributed by atoms with van der Waals surface area (Å²) in [6, 6.07) is 5.14. The first kappa shape index (κ1) is 20.9. The standard InChI is InChI=1S/C18H23N5O5/c1-10(8-14(25)28-3)21-13(24)9-23-16(26)18(2,22-17(23)27)12-6-4-11(5-7-12)15(19)20/h4-7,10H,8-9H2,1-3H3,(H3,19,20)(H,21,24)(H,22,27). The fourth-order valence-corrected chi connectivity index (χ4v) is 2.87. The summed E-state index contributed by atoms with van der Waals surface area (Å²) in [7, 11) is 1.24. The Kier molecular flexibility index (Phi) is 6.02. The Labute approximate surface area is 161 Å². The van der Waals surface area contributed by atoms with Crippen LogP contribution in [0, 0.1) is 5.41 Å². The van der Waals surface area contributed by atoms with E-state index in [0.29, 0.717) is 11.1 Å². The van der Waals surface area contributed by atoms with E-state index in [1.165, 1.54) is 14.0 Å². The highest BCUT2D eigenvalue weighted by molar-refractivity contribution is 6.09. The first-order valence-corrected chi connectivity index (χ1v) is 8.53. The summed E-state index contributed by atoms with van der Waals surface area (Å²) in [6.07, 6.45) is -0.0252. The van der Waals surface area contributed by atoms with Crippen molar-refractivity contribution in [3.8, 4) is 0 Å². The van der Waals surface area contributed by atoms with Gasteiger partial charge >= 0.3 is 12.0 Å². The van der Waals surface area contributed by atoms with E-state index in [1.54, 1.807) is 31.2 Å². The van der Waals surface area contributed by atoms with Crippen LogP contribution >= 0.6 is 0 Å². The lowest BCUT2D eigenvalue weighted by atomic mass is 9.91. The zero-order valence-corrected chi connectivity index (χ0v) is 15.9. The molecule has 2 rings (SSSR count). The molecular weight excluding hydrogens is 366 g/mol. The minimum atomic E-state index is -1.34. The summed E-state index contributed by atoms with van der Waals surface area (Å²) in [5.41, 5.74) is 5.06. The molecule has 150 valence electrons. The number of esters is 1. The van der Waals surface area contributed by atoms with E-state index in [1.807, 2.05) is 0 Å². The molecule has 1 fully saturated rings. The number of nitrogens with two attached hydrogens (primary N) is 1. The number of ether oxygens (including phenoxy) is 1. The predicted octanol–water partition coefficient (Wildman–Crippen LogP) is -0.195. The maximum absolute atomic E-state index is 12.8. The van der Waals surface area contributed by atoms with E-state index in [2.05, 4.69) is 15.4 Å². The van der Waals surface area contributed by atoms with E-state index >= 15 is 0 Å². The van der Waals surface area contributed by atoms with Crippen LogP contribution in [0.1, 0.15) is 31.4 Å². The third kappa shape index (κ3) is 4.27. The number of amides is 4. The van der Waals surface area contributed by atoms with Crippen LogP contribution in [0.4, 0.5) is 4.79 Å². The topological polar surface area (TPSA) is 155 Å². The number of urea groups is 1. The van der Waals surface area contributed by atoms with E-state index < -0.39 is 41.9 Å². The smallest absolute Gasteiger partial charge is 0.325 e. The number of amidine groups is 1. The van der Waals surface area contributed by atoms with Crippen molar-refractivity contribution in [3.05, 3.63) is 35.4 Å². The molecule has 0 aliphatic carbocycles. The van der Waals surface area contributed by atoms with Crippen molar-refractivity contribution in [2.45, 2.75) is 31.8 Å². The van der Waals surface area contributed by atoms with Crippen LogP contribution in [-0.4, -0.2) is 54.2 Å². The predicted molar refractivity (Wildman–Crippen MR) is 99.3 cm³/mol. The van der Waals surface area contributed by atoms with Crippen LogP contribution in [-0.2, 0) is 24.7 Å². The molecule has 0 spiro atoms. The molecule has 4 amide bonds. The number of nitrogen functional groups attached to an aromatic ring is 1. The third-order valence-electron chi connectivity index (χ3n) is 4.46. The number of carbonyl (C=O) groups is 4. The van der Waals surface area contributed by atoms with E-state index in [9.17, 15) is 19.2 Å². The number of nitrogens with zero attached hydrogens (tertiary/aromatic N) is 1. The van der Waals surface area contributed by atoms with Gasteiger partial charge in [-0.3, -0.25) is 24.7 Å². The first-order valence-electron chi connectivity index (χ1n) is 8.53. The van der Waals surface area contributed by atoms with Gasteiger partial charge in [0, 0.05) is 11.6 Å². The molecule has 2 atom stereocenters. The summed E-state index contributed by atoms with van der Waals surface area (Å²) in [4.78, 5) is 49.3. The van der Waals surface area contributed by atoms with Crippen LogP contribution in [0.15, 0.2) is 24.3 Å². The fourth-order valence-electron chi connectivity index (χ4n) is 2.87. The van der Waals surface area contributed by atoms with Crippen LogP contribution in [0.2, 0.25) is 0 Å². The van der Waals surface area contributed by atoms with Gasteiger partial charge in [-0.25, -0.2) is 4.79 Å². The highest BCUT2D eigenvalue weighted by atomic mass is 16.5. The number of methoxy groups -OCH3 is 1. The van der Waals surface area contributed by atoms with Crippen LogP contribution in [0.25, 0.3) is 0 Å². The zero-order chi connectivity index (χ0) is 21.1. The van der Waals surface area contributed by atoms with Crippen molar-refractivity contribution in [1.82, 2.24) is 15.5 Å². The van der Waals surface area contributed by atoms with E-state index in [0.717, 1.165) is 4.90 Å². The van der Waals surface area contributed by atoms with E-state index in [4.69, 9.17) is 11.1 Å². The van der Waals surface area contributed by atoms with Crippen molar-refractivity contribution in [3.63, 3.8) is 0 Å². The molecule has 1 aliphatic heterocycles. The highest BCUT2D eigenvalue weighted by Crippen LogP contribution is 2.28. The van der Waals surface area contributed by atoms with Crippen LogP contribution in [0.3, 0.4) is 0 Å².